The number of benzene rings is 1. The van der Waals surface area contributed by atoms with E-state index in [4.69, 9.17) is 0 Å². The van der Waals surface area contributed by atoms with Crippen molar-refractivity contribution in [1.82, 2.24) is 0 Å². The fourth-order valence-corrected chi connectivity index (χ4v) is 3.59. The Morgan fingerprint density at radius 2 is 1.83 bits per heavy atom. The van der Waals surface area contributed by atoms with Gasteiger partial charge in [-0.2, -0.15) is 0 Å². The van der Waals surface area contributed by atoms with Crippen molar-refractivity contribution in [3.63, 3.8) is 0 Å². The van der Waals surface area contributed by atoms with Crippen molar-refractivity contribution in [2.45, 2.75) is 20.3 Å². The van der Waals surface area contributed by atoms with Gasteiger partial charge in [-0.3, -0.25) is 9.59 Å². The molecule has 0 saturated heterocycles. The molecule has 0 aliphatic heterocycles. The maximum Gasteiger partial charge on any atom is 0.199 e. The quantitative estimate of drug-likeness (QED) is 0.721. The summed E-state index contributed by atoms with van der Waals surface area (Å²) in [6.07, 6.45) is 0.374. The summed E-state index contributed by atoms with van der Waals surface area (Å²) >= 11 is 1.54. The zero-order chi connectivity index (χ0) is 12.9. The van der Waals surface area contributed by atoms with Crippen molar-refractivity contribution in [3.8, 4) is 0 Å². The smallest absolute Gasteiger partial charge is 0.199 e. The molecule has 0 radical (unpaired) electrons. The Hall–Kier alpha value is -1.74. The topological polar surface area (TPSA) is 34.1 Å². The van der Waals surface area contributed by atoms with Gasteiger partial charge in [0.15, 0.2) is 11.2 Å². The van der Waals surface area contributed by atoms with E-state index in [1.807, 2.05) is 32.0 Å². The minimum Gasteiger partial charge on any atom is -0.294 e. The fourth-order valence-electron chi connectivity index (χ4n) is 2.31. The highest BCUT2D eigenvalue weighted by molar-refractivity contribution is 7.19. The number of fused-ring (bicyclic) bond motifs is 2. The van der Waals surface area contributed by atoms with Crippen molar-refractivity contribution < 1.29 is 4.79 Å². The largest absolute Gasteiger partial charge is 0.294 e. The molecule has 18 heavy (non-hydrogen) atoms. The number of Topliss-reactive ketones (excluding diaryl/α,β-unsaturated/α-hetero) is 1. The Morgan fingerprint density at radius 1 is 1.11 bits per heavy atom. The second-order valence-corrected chi connectivity index (χ2v) is 5.69. The lowest BCUT2D eigenvalue weighted by molar-refractivity contribution is 0.0990. The van der Waals surface area contributed by atoms with Crippen molar-refractivity contribution in [3.05, 3.63) is 50.5 Å². The van der Waals surface area contributed by atoms with Gasteiger partial charge >= 0.3 is 0 Å². The molecule has 0 spiro atoms. The summed E-state index contributed by atoms with van der Waals surface area (Å²) in [7, 11) is 0. The van der Waals surface area contributed by atoms with E-state index in [0.29, 0.717) is 17.4 Å². The maximum absolute atomic E-state index is 12.4. The summed E-state index contributed by atoms with van der Waals surface area (Å²) in [4.78, 5) is 25.3. The molecular weight excluding hydrogens is 244 g/mol. The molecule has 1 aromatic carbocycles. The van der Waals surface area contributed by atoms with Crippen molar-refractivity contribution in [2.75, 3.05) is 0 Å². The molecule has 90 valence electrons. The highest BCUT2D eigenvalue weighted by atomic mass is 32.1. The molecule has 0 fully saturated rings. The van der Waals surface area contributed by atoms with E-state index >= 15 is 0 Å². The van der Waals surface area contributed by atoms with Crippen molar-refractivity contribution >= 4 is 32.8 Å². The van der Waals surface area contributed by atoms with Crippen molar-refractivity contribution in [2.24, 2.45) is 0 Å². The minimum atomic E-state index is -0.115. The molecule has 0 unspecified atom stereocenters. The van der Waals surface area contributed by atoms with Crippen LogP contribution in [-0.4, -0.2) is 5.78 Å². The normalized spacial score (nSPS) is 15.1. The number of allylic oxidation sites excluding steroid dienone is 2. The number of hydrogen-bond donors (Lipinski definition) is 0. The van der Waals surface area contributed by atoms with Crippen LogP contribution in [0.15, 0.2) is 34.6 Å². The van der Waals surface area contributed by atoms with E-state index in [1.165, 1.54) is 0 Å². The Morgan fingerprint density at radius 3 is 2.61 bits per heavy atom. The fraction of sp³-hybridized carbons (Fsp3) is 0.200. The Labute approximate surface area is 109 Å². The lowest BCUT2D eigenvalue weighted by Crippen LogP contribution is -2.20. The van der Waals surface area contributed by atoms with Gasteiger partial charge in [0.2, 0.25) is 0 Å². The molecule has 3 heteroatoms. The van der Waals surface area contributed by atoms with Gasteiger partial charge in [0.25, 0.3) is 0 Å². The van der Waals surface area contributed by atoms with Gasteiger partial charge in [0, 0.05) is 21.4 Å². The first-order valence-corrected chi connectivity index (χ1v) is 6.67. The van der Waals surface area contributed by atoms with Crippen LogP contribution in [-0.2, 0) is 0 Å². The van der Waals surface area contributed by atoms with Gasteiger partial charge in [-0.25, -0.2) is 0 Å². The third-order valence-corrected chi connectivity index (χ3v) is 4.77. The lowest BCUT2D eigenvalue weighted by atomic mass is 9.91. The molecule has 0 saturated carbocycles. The van der Waals surface area contributed by atoms with Crippen LogP contribution >= 0.6 is 11.3 Å². The predicted octanol–water partition coefficient (Wildman–Crippen LogP) is 3.64. The molecule has 2 aromatic rings. The second-order valence-electron chi connectivity index (χ2n) is 4.64. The van der Waals surface area contributed by atoms with Gasteiger partial charge in [-0.05, 0) is 31.6 Å². The van der Waals surface area contributed by atoms with E-state index in [0.717, 1.165) is 20.7 Å². The minimum absolute atomic E-state index is 0.0416. The summed E-state index contributed by atoms with van der Waals surface area (Å²) in [6, 6.07) is 7.48. The number of hydrogen-bond acceptors (Lipinski definition) is 3. The summed E-state index contributed by atoms with van der Waals surface area (Å²) in [5, 5.41) is 0.655. The number of carbonyl (C=O) groups excluding carboxylic acids is 1. The summed E-state index contributed by atoms with van der Waals surface area (Å²) in [5.41, 5.74) is 2.42. The molecule has 1 aliphatic carbocycles. The zero-order valence-corrected chi connectivity index (χ0v) is 11.1. The molecule has 2 nitrogen and oxygen atoms in total. The second kappa shape index (κ2) is 3.89. The van der Waals surface area contributed by atoms with Crippen LogP contribution in [0.5, 0.6) is 0 Å². The molecule has 1 aromatic heterocycles. The van der Waals surface area contributed by atoms with Crippen LogP contribution in [0.4, 0.5) is 0 Å². The SMILES string of the molecule is CC1=C(C)c2sc3ccccc3c(=O)c2C(=O)C1. The Kier molecular flexibility index (Phi) is 2.45. The van der Waals surface area contributed by atoms with Crippen LogP contribution in [0.1, 0.15) is 35.5 Å². The van der Waals surface area contributed by atoms with E-state index in [1.54, 1.807) is 17.4 Å². The van der Waals surface area contributed by atoms with Gasteiger partial charge < -0.3 is 0 Å². The van der Waals surface area contributed by atoms with Gasteiger partial charge in [0.05, 0.1) is 5.56 Å². The maximum atomic E-state index is 12.4. The van der Waals surface area contributed by atoms with Crippen molar-refractivity contribution in [1.29, 1.82) is 0 Å². The van der Waals surface area contributed by atoms with Crippen LogP contribution < -0.4 is 5.43 Å². The number of carbonyl (C=O) groups is 1. The third kappa shape index (κ3) is 1.47. The highest BCUT2D eigenvalue weighted by Gasteiger charge is 2.25. The monoisotopic (exact) mass is 256 g/mol. The van der Waals surface area contributed by atoms with Gasteiger partial charge in [-0.15, -0.1) is 11.3 Å². The van der Waals surface area contributed by atoms with Crippen LogP contribution in [0.2, 0.25) is 0 Å². The first kappa shape index (κ1) is 11.4. The molecule has 0 N–H and O–H groups in total. The molecule has 1 aliphatic rings. The van der Waals surface area contributed by atoms with E-state index in [9.17, 15) is 9.59 Å². The number of ketones is 1. The highest BCUT2D eigenvalue weighted by Crippen LogP contribution is 2.34. The van der Waals surface area contributed by atoms with Crippen LogP contribution in [0.25, 0.3) is 15.7 Å². The first-order valence-electron chi connectivity index (χ1n) is 5.85. The number of rotatable bonds is 0. The summed E-state index contributed by atoms with van der Waals surface area (Å²) < 4.78 is 0.947. The Bertz CT molecular complexity index is 766. The summed E-state index contributed by atoms with van der Waals surface area (Å²) in [5.74, 6) is -0.0416. The van der Waals surface area contributed by atoms with Gasteiger partial charge in [-0.1, -0.05) is 17.7 Å². The zero-order valence-electron chi connectivity index (χ0n) is 10.2. The van der Waals surface area contributed by atoms with Crippen LogP contribution in [0.3, 0.4) is 0 Å². The molecule has 0 atom stereocenters. The standard InChI is InChI=1S/C15H12O2S/c1-8-7-11(16)13-14(17)10-5-3-4-6-12(10)18-15(13)9(8)2/h3-6H,7H2,1-2H3. The van der Waals surface area contributed by atoms with E-state index in [2.05, 4.69) is 0 Å². The average molecular weight is 256 g/mol. The molecule has 1 heterocycles. The third-order valence-electron chi connectivity index (χ3n) is 3.48. The Balaban J connectivity index is 2.51. The van der Waals surface area contributed by atoms with Crippen LogP contribution in [0, 0.1) is 0 Å². The molecule has 3 rings (SSSR count). The predicted molar refractivity (Wildman–Crippen MR) is 75.3 cm³/mol. The van der Waals surface area contributed by atoms with Gasteiger partial charge in [0.1, 0.15) is 0 Å². The molecule has 0 amide bonds. The molecular formula is C15H12O2S. The lowest BCUT2D eigenvalue weighted by Gasteiger charge is -2.17. The average Bonchev–Trinajstić information content (AvgIpc) is 2.36. The van der Waals surface area contributed by atoms with E-state index < -0.39 is 0 Å². The summed E-state index contributed by atoms with van der Waals surface area (Å²) in [6.45, 7) is 3.95. The van der Waals surface area contributed by atoms with E-state index in [-0.39, 0.29) is 11.2 Å². The molecule has 0 bridgehead atoms. The first-order chi connectivity index (χ1) is 8.59.